The maximum Gasteiger partial charge on any atom is 0.330 e. The third kappa shape index (κ3) is 4.40. The second kappa shape index (κ2) is 6.71. The van der Waals surface area contributed by atoms with Crippen molar-refractivity contribution in [3.8, 4) is 11.9 Å². The van der Waals surface area contributed by atoms with Crippen LogP contribution in [0.1, 0.15) is 12.8 Å². The van der Waals surface area contributed by atoms with Crippen molar-refractivity contribution >= 4 is 17.8 Å². The van der Waals surface area contributed by atoms with Crippen LogP contribution in [0.3, 0.4) is 0 Å². The number of carbonyl (C=O) groups is 1. The first kappa shape index (κ1) is 16.6. The molecule has 1 saturated carbocycles. The number of carbonyl (C=O) groups excluding carboxylic acids is 1. The number of nitrogens with zero attached hydrogens (tertiary/aromatic N) is 6. The molecule has 0 radical (unpaired) electrons. The summed E-state index contributed by atoms with van der Waals surface area (Å²) in [6.45, 7) is -0.343. The zero-order valence-corrected chi connectivity index (χ0v) is 13.8. The SMILES string of the molecule is CN(C)c1nc(NC2CC2)nc(Oc2ccc(=O)n(CC(N)=O)n2)n1. The maximum absolute atomic E-state index is 11.7. The van der Waals surface area contributed by atoms with Crippen LogP contribution in [0.15, 0.2) is 16.9 Å². The summed E-state index contributed by atoms with van der Waals surface area (Å²) in [7, 11) is 3.59. The number of primary amides is 1. The first-order valence-electron chi connectivity index (χ1n) is 7.65. The number of hydrogen-bond donors (Lipinski definition) is 2. The highest BCUT2D eigenvalue weighted by Gasteiger charge is 2.23. The summed E-state index contributed by atoms with van der Waals surface area (Å²) >= 11 is 0. The predicted molar refractivity (Wildman–Crippen MR) is 88.6 cm³/mol. The number of rotatable bonds is 7. The van der Waals surface area contributed by atoms with Crippen LogP contribution >= 0.6 is 0 Å². The van der Waals surface area contributed by atoms with Crippen LogP contribution in [0.4, 0.5) is 11.9 Å². The highest BCUT2D eigenvalue weighted by Crippen LogP contribution is 2.25. The average Bonchev–Trinajstić information content (AvgIpc) is 3.34. The number of hydrogen-bond acceptors (Lipinski definition) is 9. The monoisotopic (exact) mass is 346 g/mol. The number of ether oxygens (including phenoxy) is 1. The van der Waals surface area contributed by atoms with Gasteiger partial charge in [-0.1, -0.05) is 0 Å². The van der Waals surface area contributed by atoms with Crippen molar-refractivity contribution < 1.29 is 9.53 Å². The van der Waals surface area contributed by atoms with Crippen molar-refractivity contribution in [3.05, 3.63) is 22.5 Å². The average molecular weight is 346 g/mol. The Balaban J connectivity index is 1.87. The molecule has 3 N–H and O–H groups in total. The van der Waals surface area contributed by atoms with Crippen LogP contribution in [0.2, 0.25) is 0 Å². The number of nitrogens with two attached hydrogens (primary N) is 1. The van der Waals surface area contributed by atoms with Crippen LogP contribution in [0, 0.1) is 0 Å². The highest BCUT2D eigenvalue weighted by atomic mass is 16.5. The van der Waals surface area contributed by atoms with Gasteiger partial charge in [0.1, 0.15) is 6.54 Å². The standard InChI is InChI=1S/C14H18N8O3/c1-21(2)13-17-12(16-8-3-4-8)18-14(19-13)25-10-5-6-11(24)22(20-10)7-9(15)23/h5-6,8H,3-4,7H2,1-2H3,(H2,15,23)(H,16,17,18,19). The molecule has 0 aromatic carbocycles. The molecule has 2 aromatic heterocycles. The number of aromatic nitrogens is 5. The fraction of sp³-hybridized carbons (Fsp3) is 0.429. The van der Waals surface area contributed by atoms with E-state index in [1.807, 2.05) is 0 Å². The van der Waals surface area contributed by atoms with E-state index in [2.05, 4.69) is 25.4 Å². The van der Waals surface area contributed by atoms with Gasteiger partial charge in [-0.15, -0.1) is 5.10 Å². The minimum absolute atomic E-state index is 0.0265. The van der Waals surface area contributed by atoms with E-state index in [9.17, 15) is 9.59 Å². The largest absolute Gasteiger partial charge is 0.403 e. The lowest BCUT2D eigenvalue weighted by molar-refractivity contribution is -0.118. The molecule has 1 fully saturated rings. The van der Waals surface area contributed by atoms with E-state index in [0.29, 0.717) is 17.9 Å². The fourth-order valence-electron chi connectivity index (χ4n) is 1.91. The van der Waals surface area contributed by atoms with E-state index in [1.54, 1.807) is 19.0 Å². The molecule has 2 aromatic rings. The van der Waals surface area contributed by atoms with Gasteiger partial charge >= 0.3 is 6.01 Å². The molecule has 0 bridgehead atoms. The molecular formula is C14H18N8O3. The van der Waals surface area contributed by atoms with Gasteiger partial charge in [0.05, 0.1) is 0 Å². The minimum atomic E-state index is -0.683. The summed E-state index contributed by atoms with van der Waals surface area (Å²) in [5, 5.41) is 7.11. The third-order valence-corrected chi connectivity index (χ3v) is 3.26. The second-order valence-corrected chi connectivity index (χ2v) is 5.79. The quantitative estimate of drug-likeness (QED) is 0.668. The van der Waals surface area contributed by atoms with Crippen molar-refractivity contribution in [2.45, 2.75) is 25.4 Å². The summed E-state index contributed by atoms with van der Waals surface area (Å²) < 4.78 is 6.45. The molecule has 1 amide bonds. The van der Waals surface area contributed by atoms with Crippen molar-refractivity contribution in [2.24, 2.45) is 5.73 Å². The van der Waals surface area contributed by atoms with Crippen molar-refractivity contribution in [2.75, 3.05) is 24.3 Å². The summed E-state index contributed by atoms with van der Waals surface area (Å²) in [5.74, 6) is 0.201. The van der Waals surface area contributed by atoms with E-state index in [4.69, 9.17) is 10.5 Å². The Hall–Kier alpha value is -3.24. The van der Waals surface area contributed by atoms with E-state index >= 15 is 0 Å². The van der Waals surface area contributed by atoms with Crippen LogP contribution < -0.4 is 26.2 Å². The van der Waals surface area contributed by atoms with Crippen LogP contribution in [0.5, 0.6) is 11.9 Å². The Kier molecular flexibility index (Phi) is 4.46. The van der Waals surface area contributed by atoms with Crippen molar-refractivity contribution in [1.82, 2.24) is 24.7 Å². The topological polar surface area (TPSA) is 141 Å². The van der Waals surface area contributed by atoms with Crippen LogP contribution in [-0.4, -0.2) is 50.8 Å². The first-order valence-corrected chi connectivity index (χ1v) is 7.65. The molecule has 0 atom stereocenters. The highest BCUT2D eigenvalue weighted by molar-refractivity contribution is 5.73. The predicted octanol–water partition coefficient (Wildman–Crippen LogP) is -0.654. The van der Waals surface area contributed by atoms with Gasteiger partial charge in [-0.05, 0) is 12.8 Å². The minimum Gasteiger partial charge on any atom is -0.403 e. The normalized spacial score (nSPS) is 13.4. The Morgan fingerprint density at radius 1 is 1.36 bits per heavy atom. The van der Waals surface area contributed by atoms with E-state index in [0.717, 1.165) is 17.5 Å². The van der Waals surface area contributed by atoms with E-state index in [1.165, 1.54) is 12.1 Å². The molecule has 132 valence electrons. The van der Waals surface area contributed by atoms with Crippen LogP contribution in [-0.2, 0) is 11.3 Å². The molecule has 0 spiro atoms. The molecule has 11 heteroatoms. The van der Waals surface area contributed by atoms with Gasteiger partial charge in [-0.25, -0.2) is 4.68 Å². The number of nitrogens with one attached hydrogen (secondary N) is 1. The Morgan fingerprint density at radius 3 is 2.76 bits per heavy atom. The molecule has 11 nitrogen and oxygen atoms in total. The van der Waals surface area contributed by atoms with Crippen LogP contribution in [0.25, 0.3) is 0 Å². The molecule has 0 aliphatic heterocycles. The lowest BCUT2D eigenvalue weighted by atomic mass is 10.5. The summed E-state index contributed by atoms with van der Waals surface area (Å²) in [5.41, 5.74) is 4.63. The van der Waals surface area contributed by atoms with Gasteiger partial charge in [-0.2, -0.15) is 15.0 Å². The Bertz CT molecular complexity index is 846. The van der Waals surface area contributed by atoms with Gasteiger partial charge in [0, 0.05) is 32.3 Å². The van der Waals surface area contributed by atoms with E-state index < -0.39 is 11.5 Å². The number of anilines is 2. The Morgan fingerprint density at radius 2 is 2.12 bits per heavy atom. The van der Waals surface area contributed by atoms with Gasteiger partial charge in [-0.3, -0.25) is 9.59 Å². The maximum atomic E-state index is 11.7. The van der Waals surface area contributed by atoms with Gasteiger partial charge < -0.3 is 20.7 Å². The van der Waals surface area contributed by atoms with Crippen molar-refractivity contribution in [1.29, 1.82) is 0 Å². The Labute approximate surface area is 142 Å². The second-order valence-electron chi connectivity index (χ2n) is 5.79. The first-order chi connectivity index (χ1) is 11.9. The third-order valence-electron chi connectivity index (χ3n) is 3.26. The van der Waals surface area contributed by atoms with Gasteiger partial charge in [0.15, 0.2) is 0 Å². The summed E-state index contributed by atoms with van der Waals surface area (Å²) in [6.07, 6.45) is 2.14. The molecule has 25 heavy (non-hydrogen) atoms. The lowest BCUT2D eigenvalue weighted by Crippen LogP contribution is -2.29. The molecule has 1 aliphatic rings. The summed E-state index contributed by atoms with van der Waals surface area (Å²) in [4.78, 5) is 37.1. The fourth-order valence-corrected chi connectivity index (χ4v) is 1.91. The molecule has 0 saturated heterocycles. The molecule has 1 aliphatic carbocycles. The zero-order chi connectivity index (χ0) is 18.0. The van der Waals surface area contributed by atoms with E-state index in [-0.39, 0.29) is 18.4 Å². The molecule has 3 rings (SSSR count). The summed E-state index contributed by atoms with van der Waals surface area (Å²) in [6, 6.07) is 2.98. The number of amides is 1. The van der Waals surface area contributed by atoms with Gasteiger partial charge in [0.2, 0.25) is 23.7 Å². The smallest absolute Gasteiger partial charge is 0.330 e. The zero-order valence-electron chi connectivity index (χ0n) is 13.8. The molecule has 2 heterocycles. The molecular weight excluding hydrogens is 328 g/mol. The molecule has 0 unspecified atom stereocenters. The van der Waals surface area contributed by atoms with Crippen molar-refractivity contribution in [3.63, 3.8) is 0 Å². The van der Waals surface area contributed by atoms with Gasteiger partial charge in [0.25, 0.3) is 5.56 Å². The lowest BCUT2D eigenvalue weighted by Gasteiger charge is -2.13.